The third kappa shape index (κ3) is 4.07. The first-order valence-electron chi connectivity index (χ1n) is 8.87. The van der Waals surface area contributed by atoms with Crippen LogP contribution in [0, 0.1) is 19.8 Å². The quantitative estimate of drug-likeness (QED) is 0.867. The van der Waals surface area contributed by atoms with E-state index in [0.717, 1.165) is 16.8 Å². The number of anilines is 1. The van der Waals surface area contributed by atoms with Crippen LogP contribution in [0.25, 0.3) is 0 Å². The van der Waals surface area contributed by atoms with Crippen LogP contribution in [-0.2, 0) is 4.79 Å². The maximum atomic E-state index is 12.6. The van der Waals surface area contributed by atoms with E-state index in [1.165, 1.54) is 0 Å². The molecule has 1 aliphatic rings. The monoisotopic (exact) mass is 370 g/mol. The number of benzene rings is 2. The number of rotatable bonds is 3. The van der Waals surface area contributed by atoms with Crippen molar-refractivity contribution < 1.29 is 9.59 Å². The first-order valence-corrected chi connectivity index (χ1v) is 9.25. The second kappa shape index (κ2) is 7.92. The molecule has 136 valence electrons. The Balaban J connectivity index is 1.58. The molecule has 0 spiro atoms. The van der Waals surface area contributed by atoms with Crippen molar-refractivity contribution in [3.63, 3.8) is 0 Å². The molecule has 2 aromatic rings. The van der Waals surface area contributed by atoms with E-state index in [-0.39, 0.29) is 17.7 Å². The van der Waals surface area contributed by atoms with Crippen LogP contribution in [0.3, 0.4) is 0 Å². The molecular formula is C21H23ClN2O2. The molecule has 1 aliphatic heterocycles. The summed E-state index contributed by atoms with van der Waals surface area (Å²) in [5.41, 5.74) is 3.40. The van der Waals surface area contributed by atoms with Crippen molar-refractivity contribution >= 4 is 29.1 Å². The Morgan fingerprint density at radius 3 is 2.46 bits per heavy atom. The highest BCUT2D eigenvalue weighted by Gasteiger charge is 2.28. The van der Waals surface area contributed by atoms with Gasteiger partial charge in [0.1, 0.15) is 0 Å². The molecule has 2 aromatic carbocycles. The number of nitrogens with zero attached hydrogens (tertiary/aromatic N) is 1. The number of nitrogens with one attached hydrogen (secondary N) is 1. The molecule has 0 aromatic heterocycles. The van der Waals surface area contributed by atoms with Crippen LogP contribution in [-0.4, -0.2) is 29.8 Å². The number of halogens is 1. The molecule has 0 saturated carbocycles. The van der Waals surface area contributed by atoms with Gasteiger partial charge in [-0.15, -0.1) is 0 Å². The highest BCUT2D eigenvalue weighted by molar-refractivity contribution is 6.31. The van der Waals surface area contributed by atoms with Crippen molar-refractivity contribution in [1.29, 1.82) is 0 Å². The molecule has 1 fully saturated rings. The van der Waals surface area contributed by atoms with Gasteiger partial charge in [0, 0.05) is 35.3 Å². The van der Waals surface area contributed by atoms with Gasteiger partial charge in [-0.05, 0) is 56.5 Å². The van der Waals surface area contributed by atoms with Crippen LogP contribution in [0.15, 0.2) is 42.5 Å². The van der Waals surface area contributed by atoms with Crippen molar-refractivity contribution in [3.8, 4) is 0 Å². The van der Waals surface area contributed by atoms with E-state index in [9.17, 15) is 9.59 Å². The smallest absolute Gasteiger partial charge is 0.253 e. The lowest BCUT2D eigenvalue weighted by atomic mass is 9.95. The number of carbonyl (C=O) groups excluding carboxylic acids is 2. The van der Waals surface area contributed by atoms with Crippen molar-refractivity contribution in [1.82, 2.24) is 4.90 Å². The van der Waals surface area contributed by atoms with Gasteiger partial charge in [-0.25, -0.2) is 0 Å². The predicted molar refractivity (Wildman–Crippen MR) is 105 cm³/mol. The van der Waals surface area contributed by atoms with E-state index < -0.39 is 0 Å². The molecule has 5 heteroatoms. The standard InChI is InChI=1S/C21H23ClN2O2/c1-14-5-3-6-17(13-14)21(26)24-11-9-16(10-12-24)20(25)23-19-8-4-7-18(22)15(19)2/h3-8,13,16H,9-12H2,1-2H3,(H,23,25). The fourth-order valence-electron chi connectivity index (χ4n) is 3.28. The number of aryl methyl sites for hydroxylation is 1. The molecule has 0 unspecified atom stereocenters. The number of hydrogen-bond acceptors (Lipinski definition) is 2. The average Bonchev–Trinajstić information content (AvgIpc) is 2.65. The Morgan fingerprint density at radius 2 is 1.77 bits per heavy atom. The van der Waals surface area contributed by atoms with Crippen LogP contribution < -0.4 is 5.32 Å². The van der Waals surface area contributed by atoms with Gasteiger partial charge in [0.05, 0.1) is 0 Å². The van der Waals surface area contributed by atoms with Gasteiger partial charge in [0.15, 0.2) is 0 Å². The first kappa shape index (κ1) is 18.5. The number of hydrogen-bond donors (Lipinski definition) is 1. The molecule has 1 heterocycles. The molecule has 0 bridgehead atoms. The topological polar surface area (TPSA) is 49.4 Å². The number of amides is 2. The Hall–Kier alpha value is -2.33. The highest BCUT2D eigenvalue weighted by atomic mass is 35.5. The van der Waals surface area contributed by atoms with E-state index in [2.05, 4.69) is 5.32 Å². The summed E-state index contributed by atoms with van der Waals surface area (Å²) < 4.78 is 0. The highest BCUT2D eigenvalue weighted by Crippen LogP contribution is 2.25. The van der Waals surface area contributed by atoms with E-state index in [1.54, 1.807) is 0 Å². The normalized spacial score (nSPS) is 15.0. The van der Waals surface area contributed by atoms with E-state index in [0.29, 0.717) is 36.5 Å². The SMILES string of the molecule is Cc1cccc(C(=O)N2CCC(C(=O)Nc3cccc(Cl)c3C)CC2)c1. The van der Waals surface area contributed by atoms with Crippen LogP contribution in [0.5, 0.6) is 0 Å². The fourth-order valence-corrected chi connectivity index (χ4v) is 3.46. The first-order chi connectivity index (χ1) is 12.5. The van der Waals surface area contributed by atoms with Gasteiger partial charge in [0.25, 0.3) is 5.91 Å². The minimum absolute atomic E-state index is 0.00183. The van der Waals surface area contributed by atoms with Crippen molar-refractivity contribution in [2.75, 3.05) is 18.4 Å². The zero-order chi connectivity index (χ0) is 18.7. The summed E-state index contributed by atoms with van der Waals surface area (Å²) in [6.07, 6.45) is 1.34. The number of piperidine rings is 1. The maximum absolute atomic E-state index is 12.6. The minimum atomic E-state index is -0.0880. The molecular weight excluding hydrogens is 348 g/mol. The van der Waals surface area contributed by atoms with Gasteiger partial charge in [0.2, 0.25) is 5.91 Å². The zero-order valence-electron chi connectivity index (χ0n) is 15.1. The molecule has 3 rings (SSSR count). The van der Waals surface area contributed by atoms with E-state index >= 15 is 0 Å². The minimum Gasteiger partial charge on any atom is -0.339 e. The van der Waals surface area contributed by atoms with Crippen molar-refractivity contribution in [3.05, 3.63) is 64.2 Å². The largest absolute Gasteiger partial charge is 0.339 e. The third-order valence-electron chi connectivity index (χ3n) is 4.94. The average molecular weight is 371 g/mol. The Bertz CT molecular complexity index is 827. The lowest BCUT2D eigenvalue weighted by molar-refractivity contribution is -0.121. The third-order valence-corrected chi connectivity index (χ3v) is 5.35. The van der Waals surface area contributed by atoms with Gasteiger partial charge in [-0.2, -0.15) is 0 Å². The lowest BCUT2D eigenvalue weighted by Gasteiger charge is -2.31. The molecule has 4 nitrogen and oxygen atoms in total. The number of likely N-dealkylation sites (tertiary alicyclic amines) is 1. The molecule has 1 N–H and O–H groups in total. The maximum Gasteiger partial charge on any atom is 0.253 e. The summed E-state index contributed by atoms with van der Waals surface area (Å²) >= 11 is 6.11. The zero-order valence-corrected chi connectivity index (χ0v) is 15.8. The second-order valence-corrected chi connectivity index (χ2v) is 7.24. The molecule has 0 aliphatic carbocycles. The van der Waals surface area contributed by atoms with Crippen LogP contribution in [0.1, 0.15) is 34.3 Å². The Labute approximate surface area is 159 Å². The summed E-state index contributed by atoms with van der Waals surface area (Å²) in [4.78, 5) is 27.0. The summed E-state index contributed by atoms with van der Waals surface area (Å²) in [7, 11) is 0. The summed E-state index contributed by atoms with van der Waals surface area (Å²) in [5, 5.41) is 3.62. The fraction of sp³-hybridized carbons (Fsp3) is 0.333. The summed E-state index contributed by atoms with van der Waals surface area (Å²) in [5.74, 6) is -0.0498. The summed E-state index contributed by atoms with van der Waals surface area (Å²) in [6.45, 7) is 5.06. The van der Waals surface area contributed by atoms with Gasteiger partial charge < -0.3 is 10.2 Å². The molecule has 0 atom stereocenters. The molecule has 0 radical (unpaired) electrons. The van der Waals surface area contributed by atoms with E-state index in [1.807, 2.05) is 61.2 Å². The lowest BCUT2D eigenvalue weighted by Crippen LogP contribution is -2.41. The molecule has 1 saturated heterocycles. The van der Waals surface area contributed by atoms with Crippen molar-refractivity contribution in [2.24, 2.45) is 5.92 Å². The summed E-state index contributed by atoms with van der Waals surface area (Å²) in [6, 6.07) is 13.1. The van der Waals surface area contributed by atoms with Gasteiger partial charge in [-0.3, -0.25) is 9.59 Å². The van der Waals surface area contributed by atoms with Crippen LogP contribution >= 0.6 is 11.6 Å². The van der Waals surface area contributed by atoms with E-state index in [4.69, 9.17) is 11.6 Å². The predicted octanol–water partition coefficient (Wildman–Crippen LogP) is 4.45. The van der Waals surface area contributed by atoms with Gasteiger partial charge in [-0.1, -0.05) is 35.4 Å². The molecule has 2 amide bonds. The van der Waals surface area contributed by atoms with Crippen LogP contribution in [0.4, 0.5) is 5.69 Å². The van der Waals surface area contributed by atoms with Gasteiger partial charge >= 0.3 is 0 Å². The van der Waals surface area contributed by atoms with Crippen molar-refractivity contribution in [2.45, 2.75) is 26.7 Å². The molecule has 26 heavy (non-hydrogen) atoms. The second-order valence-electron chi connectivity index (χ2n) is 6.84. The van der Waals surface area contributed by atoms with Crippen LogP contribution in [0.2, 0.25) is 5.02 Å². The number of carbonyl (C=O) groups is 2. The Morgan fingerprint density at radius 1 is 1.08 bits per heavy atom. The Kier molecular flexibility index (Phi) is 5.62.